The van der Waals surface area contributed by atoms with Crippen molar-refractivity contribution in [1.29, 1.82) is 5.26 Å². The van der Waals surface area contributed by atoms with Gasteiger partial charge in [0.05, 0.1) is 17.8 Å². The van der Waals surface area contributed by atoms with Gasteiger partial charge in [0, 0.05) is 41.8 Å². The topological polar surface area (TPSA) is 81.0 Å². The van der Waals surface area contributed by atoms with Gasteiger partial charge in [-0.2, -0.15) is 5.26 Å². The molecule has 0 aliphatic carbocycles. The standard InChI is InChI=1S/C26H26FN5O/c1-17(14-28)15-29-23-7-3-5-18-9-10-19(13-20(18)23)22-6-4-8-25(30-22)26(33)31-24-11-12-32(2)16-21(24)27/h3-10,13,21,24,29H,1,11-12,15-16H2,2H3,(H,31,33)/t21?,24-/m1/s1. The molecule has 1 aliphatic rings. The van der Waals surface area contributed by atoms with Gasteiger partial charge in [0.25, 0.3) is 5.91 Å². The van der Waals surface area contributed by atoms with Crippen molar-refractivity contribution in [3.8, 4) is 17.3 Å². The van der Waals surface area contributed by atoms with Gasteiger partial charge in [-0.1, -0.05) is 36.9 Å². The molecule has 0 spiro atoms. The second-order valence-electron chi connectivity index (χ2n) is 8.37. The lowest BCUT2D eigenvalue weighted by atomic mass is 10.0. The van der Waals surface area contributed by atoms with Crippen molar-refractivity contribution in [3.05, 3.63) is 72.4 Å². The van der Waals surface area contributed by atoms with Gasteiger partial charge >= 0.3 is 0 Å². The molecule has 1 aliphatic heterocycles. The first-order valence-electron chi connectivity index (χ1n) is 10.9. The molecular formula is C26H26FN5O. The number of pyridine rings is 1. The lowest BCUT2D eigenvalue weighted by Crippen LogP contribution is -2.51. The number of carbonyl (C=O) groups excluding carboxylic acids is 1. The van der Waals surface area contributed by atoms with E-state index in [1.807, 2.05) is 60.5 Å². The number of aromatic nitrogens is 1. The van der Waals surface area contributed by atoms with Gasteiger partial charge in [-0.25, -0.2) is 9.37 Å². The van der Waals surface area contributed by atoms with Gasteiger partial charge < -0.3 is 15.5 Å². The maximum atomic E-state index is 14.3. The predicted molar refractivity (Wildman–Crippen MR) is 129 cm³/mol. The number of hydrogen-bond acceptors (Lipinski definition) is 5. The fourth-order valence-electron chi connectivity index (χ4n) is 4.01. The summed E-state index contributed by atoms with van der Waals surface area (Å²) in [6.07, 6.45) is -0.527. The van der Waals surface area contributed by atoms with E-state index in [0.717, 1.165) is 28.6 Å². The van der Waals surface area contributed by atoms with Crippen molar-refractivity contribution in [2.24, 2.45) is 0 Å². The van der Waals surface area contributed by atoms with Crippen LogP contribution in [0.4, 0.5) is 10.1 Å². The minimum Gasteiger partial charge on any atom is -0.380 e. The Morgan fingerprint density at radius 1 is 1.27 bits per heavy atom. The SMILES string of the molecule is C=C(C#N)CNc1cccc2ccc(-c3cccc(C(=O)N[C@@H]4CCN(C)CC4F)n3)cc12. The number of hydrogen-bond donors (Lipinski definition) is 2. The maximum Gasteiger partial charge on any atom is 0.270 e. The number of nitrogens with zero attached hydrogens (tertiary/aromatic N) is 3. The van der Waals surface area contributed by atoms with Crippen molar-refractivity contribution in [2.45, 2.75) is 18.6 Å². The predicted octanol–water partition coefficient (Wildman–Crippen LogP) is 4.17. The second-order valence-corrected chi connectivity index (χ2v) is 8.37. The smallest absolute Gasteiger partial charge is 0.270 e. The van der Waals surface area contributed by atoms with Crippen LogP contribution in [0.1, 0.15) is 16.9 Å². The molecule has 0 saturated carbocycles. The monoisotopic (exact) mass is 443 g/mol. The third kappa shape index (κ3) is 5.18. The van der Waals surface area contributed by atoms with Crippen LogP contribution < -0.4 is 10.6 Å². The minimum absolute atomic E-state index is 0.260. The van der Waals surface area contributed by atoms with Crippen LogP contribution in [0, 0.1) is 11.3 Å². The fourth-order valence-corrected chi connectivity index (χ4v) is 4.01. The Morgan fingerprint density at radius 3 is 2.88 bits per heavy atom. The molecule has 168 valence electrons. The number of amides is 1. The van der Waals surface area contributed by atoms with Gasteiger partial charge in [0.1, 0.15) is 11.9 Å². The number of anilines is 1. The molecular weight excluding hydrogens is 417 g/mol. The molecule has 1 fully saturated rings. The number of nitriles is 1. The van der Waals surface area contributed by atoms with Crippen LogP contribution in [-0.4, -0.2) is 54.7 Å². The highest BCUT2D eigenvalue weighted by molar-refractivity contribution is 5.97. The second kappa shape index (κ2) is 9.80. The van der Waals surface area contributed by atoms with Crippen molar-refractivity contribution in [1.82, 2.24) is 15.2 Å². The van der Waals surface area contributed by atoms with E-state index in [1.165, 1.54) is 0 Å². The highest BCUT2D eigenvalue weighted by Gasteiger charge is 2.29. The molecule has 7 heteroatoms. The lowest BCUT2D eigenvalue weighted by Gasteiger charge is -2.32. The van der Waals surface area contributed by atoms with Crippen molar-refractivity contribution in [2.75, 3.05) is 32.0 Å². The summed E-state index contributed by atoms with van der Waals surface area (Å²) in [5.74, 6) is -0.368. The average Bonchev–Trinajstić information content (AvgIpc) is 2.83. The summed E-state index contributed by atoms with van der Waals surface area (Å²) in [5.41, 5.74) is 3.10. The molecule has 1 saturated heterocycles. The Balaban J connectivity index is 1.57. The van der Waals surface area contributed by atoms with E-state index < -0.39 is 12.2 Å². The molecule has 6 nitrogen and oxygen atoms in total. The van der Waals surface area contributed by atoms with Crippen LogP contribution >= 0.6 is 0 Å². The summed E-state index contributed by atoms with van der Waals surface area (Å²) in [4.78, 5) is 19.2. The first kappa shape index (κ1) is 22.4. The minimum atomic E-state index is -1.10. The third-order valence-electron chi connectivity index (χ3n) is 5.87. The zero-order valence-corrected chi connectivity index (χ0v) is 18.5. The van der Waals surface area contributed by atoms with Gasteiger partial charge in [0.2, 0.25) is 0 Å². The number of carbonyl (C=O) groups is 1. The van der Waals surface area contributed by atoms with Crippen molar-refractivity contribution in [3.63, 3.8) is 0 Å². The van der Waals surface area contributed by atoms with E-state index in [-0.39, 0.29) is 11.6 Å². The molecule has 3 aromatic rings. The molecule has 2 aromatic carbocycles. The fraction of sp³-hybridized carbons (Fsp3) is 0.269. The van der Waals surface area contributed by atoms with E-state index in [1.54, 1.807) is 12.1 Å². The van der Waals surface area contributed by atoms with Crippen LogP contribution in [0.15, 0.2) is 66.7 Å². The van der Waals surface area contributed by atoms with Gasteiger partial charge in [-0.15, -0.1) is 0 Å². The number of likely N-dealkylation sites (tertiary alicyclic amines) is 1. The number of benzene rings is 2. The average molecular weight is 444 g/mol. The van der Waals surface area contributed by atoms with Crippen LogP contribution in [-0.2, 0) is 0 Å². The van der Waals surface area contributed by atoms with Crippen LogP contribution in [0.2, 0.25) is 0 Å². The number of halogens is 1. The summed E-state index contributed by atoms with van der Waals surface area (Å²) in [6.45, 7) is 5.13. The zero-order valence-electron chi connectivity index (χ0n) is 18.5. The zero-order chi connectivity index (χ0) is 23.4. The Labute approximate surface area is 192 Å². The highest BCUT2D eigenvalue weighted by Crippen LogP contribution is 2.29. The Morgan fingerprint density at radius 2 is 2.09 bits per heavy atom. The Kier molecular flexibility index (Phi) is 6.66. The number of rotatable bonds is 6. The summed E-state index contributed by atoms with van der Waals surface area (Å²) >= 11 is 0. The van der Waals surface area contributed by atoms with E-state index in [2.05, 4.69) is 22.2 Å². The Hall–Kier alpha value is -3.76. The van der Waals surface area contributed by atoms with Crippen LogP contribution in [0.3, 0.4) is 0 Å². The number of nitrogens with one attached hydrogen (secondary N) is 2. The van der Waals surface area contributed by atoms with E-state index >= 15 is 0 Å². The summed E-state index contributed by atoms with van der Waals surface area (Å²) < 4.78 is 14.3. The first-order valence-corrected chi connectivity index (χ1v) is 10.9. The number of alkyl halides is 1. The molecule has 0 radical (unpaired) electrons. The molecule has 2 heterocycles. The van der Waals surface area contributed by atoms with Crippen molar-refractivity contribution >= 4 is 22.4 Å². The van der Waals surface area contributed by atoms with Gasteiger partial charge in [0.15, 0.2) is 0 Å². The molecule has 1 aromatic heterocycles. The van der Waals surface area contributed by atoms with Crippen LogP contribution in [0.5, 0.6) is 0 Å². The largest absolute Gasteiger partial charge is 0.380 e. The molecule has 1 unspecified atom stereocenters. The summed E-state index contributed by atoms with van der Waals surface area (Å²) in [7, 11) is 1.87. The van der Waals surface area contributed by atoms with E-state index in [9.17, 15) is 9.18 Å². The van der Waals surface area contributed by atoms with Gasteiger partial charge in [-0.3, -0.25) is 4.79 Å². The molecule has 33 heavy (non-hydrogen) atoms. The molecule has 1 amide bonds. The lowest BCUT2D eigenvalue weighted by molar-refractivity contribution is 0.0817. The van der Waals surface area contributed by atoms with E-state index in [4.69, 9.17) is 5.26 Å². The molecule has 2 atom stereocenters. The maximum absolute atomic E-state index is 14.3. The highest BCUT2D eigenvalue weighted by atomic mass is 19.1. The third-order valence-corrected chi connectivity index (χ3v) is 5.87. The number of fused-ring (bicyclic) bond motifs is 1. The van der Waals surface area contributed by atoms with Gasteiger partial charge in [-0.05, 0) is 43.1 Å². The molecule has 2 N–H and O–H groups in total. The summed E-state index contributed by atoms with van der Waals surface area (Å²) in [5, 5.41) is 17.0. The summed E-state index contributed by atoms with van der Waals surface area (Å²) in [6, 6.07) is 18.7. The number of piperidine rings is 1. The van der Waals surface area contributed by atoms with E-state index in [0.29, 0.717) is 30.8 Å². The quantitative estimate of drug-likeness (QED) is 0.559. The normalized spacial score (nSPS) is 18.5. The molecule has 4 rings (SSSR count). The van der Waals surface area contributed by atoms with Crippen LogP contribution in [0.25, 0.3) is 22.0 Å². The first-order chi connectivity index (χ1) is 15.9. The Bertz CT molecular complexity index is 1230. The molecule has 0 bridgehead atoms. The van der Waals surface area contributed by atoms with Crippen molar-refractivity contribution < 1.29 is 9.18 Å².